The summed E-state index contributed by atoms with van der Waals surface area (Å²) in [5.41, 5.74) is 5.69. The minimum absolute atomic E-state index is 0.180. The lowest BCUT2D eigenvalue weighted by Crippen LogP contribution is -2.35. The number of halogens is 1. The van der Waals surface area contributed by atoms with Gasteiger partial charge in [0.05, 0.1) is 22.9 Å². The molecule has 132 valence electrons. The fourth-order valence-electron chi connectivity index (χ4n) is 3.71. The molecule has 2 N–H and O–H groups in total. The van der Waals surface area contributed by atoms with Crippen molar-refractivity contribution < 1.29 is 13.2 Å². The summed E-state index contributed by atoms with van der Waals surface area (Å²) in [4.78, 5) is 12.4. The van der Waals surface area contributed by atoms with Crippen LogP contribution in [0.3, 0.4) is 0 Å². The molecule has 0 aliphatic heterocycles. The molecule has 9 heteroatoms. The number of hydrogen-bond acceptors (Lipinski definition) is 4. The molecule has 2 amide bonds. The molecular weight excluding hydrogens is 455 g/mol. The van der Waals surface area contributed by atoms with Crippen molar-refractivity contribution in [2.75, 3.05) is 5.32 Å². The van der Waals surface area contributed by atoms with Crippen LogP contribution in [0.5, 0.6) is 0 Å². The highest BCUT2D eigenvalue weighted by Gasteiger charge is 2.26. The molecule has 2 aliphatic rings. The first-order valence-corrected chi connectivity index (χ1v) is 10.6. The molecule has 2 aromatic rings. The first kappa shape index (κ1) is 16.8. The van der Waals surface area contributed by atoms with Gasteiger partial charge in [-0.3, -0.25) is 0 Å². The van der Waals surface area contributed by atoms with Crippen molar-refractivity contribution in [3.8, 4) is 0 Å². The predicted octanol–water partition coefficient (Wildman–Crippen LogP) is 2.57. The third kappa shape index (κ3) is 3.14. The Bertz CT molecular complexity index is 936. The maximum atomic E-state index is 12.4. The van der Waals surface area contributed by atoms with Crippen LogP contribution in [-0.4, -0.2) is 22.4 Å². The number of benzene rings is 1. The fraction of sp³-hybridized carbons (Fsp3) is 0.375. The molecule has 25 heavy (non-hydrogen) atoms. The molecule has 4 rings (SSSR count). The van der Waals surface area contributed by atoms with E-state index >= 15 is 0 Å². The molecule has 0 saturated heterocycles. The van der Waals surface area contributed by atoms with E-state index < -0.39 is 16.1 Å². The van der Waals surface area contributed by atoms with E-state index in [1.165, 1.54) is 26.3 Å². The van der Waals surface area contributed by atoms with Crippen molar-refractivity contribution >= 4 is 44.6 Å². The summed E-state index contributed by atoms with van der Waals surface area (Å²) >= 11 is 1.85. The summed E-state index contributed by atoms with van der Waals surface area (Å²) in [5, 5.41) is 6.46. The van der Waals surface area contributed by atoms with E-state index in [9.17, 15) is 13.2 Å². The lowest BCUT2D eigenvalue weighted by molar-refractivity contribution is 0.256. The summed E-state index contributed by atoms with van der Waals surface area (Å²) in [5.74, 6) is 0. The SMILES string of the molecule is O=C(Nc1c2c(cc3c1CCC3)CCC2)NS(=O)(=O)c1ccn(I)n1. The maximum absolute atomic E-state index is 12.4. The van der Waals surface area contributed by atoms with E-state index in [0.717, 1.165) is 55.3 Å². The molecule has 0 unspecified atom stereocenters. The number of amides is 2. The summed E-state index contributed by atoms with van der Waals surface area (Å²) < 4.78 is 27.9. The highest BCUT2D eigenvalue weighted by Crippen LogP contribution is 2.38. The van der Waals surface area contributed by atoms with Crippen LogP contribution in [0.25, 0.3) is 0 Å². The van der Waals surface area contributed by atoms with E-state index in [-0.39, 0.29) is 5.03 Å². The Hall–Kier alpha value is -1.62. The van der Waals surface area contributed by atoms with E-state index in [2.05, 4.69) is 21.2 Å². The van der Waals surface area contributed by atoms with Gasteiger partial charge in [-0.2, -0.15) is 8.42 Å². The number of aryl methyl sites for hydroxylation is 2. The van der Waals surface area contributed by atoms with Crippen LogP contribution in [0.4, 0.5) is 10.5 Å². The lowest BCUT2D eigenvalue weighted by Gasteiger charge is -2.16. The van der Waals surface area contributed by atoms with Crippen LogP contribution in [0.15, 0.2) is 23.4 Å². The van der Waals surface area contributed by atoms with Gasteiger partial charge in [0.1, 0.15) is 0 Å². The highest BCUT2D eigenvalue weighted by molar-refractivity contribution is 14.1. The molecule has 1 aromatic heterocycles. The smallest absolute Gasteiger partial charge is 0.307 e. The van der Waals surface area contributed by atoms with Gasteiger partial charge < -0.3 is 5.32 Å². The van der Waals surface area contributed by atoms with Crippen LogP contribution in [0.1, 0.15) is 35.1 Å². The van der Waals surface area contributed by atoms with Gasteiger partial charge in [-0.05, 0) is 66.8 Å². The molecule has 2 aliphatic carbocycles. The van der Waals surface area contributed by atoms with Crippen molar-refractivity contribution in [2.45, 2.75) is 43.6 Å². The zero-order chi connectivity index (χ0) is 17.6. The number of aromatic nitrogens is 2. The van der Waals surface area contributed by atoms with E-state index in [1.807, 2.05) is 22.9 Å². The Morgan fingerprint density at radius 1 is 1.12 bits per heavy atom. The standard InChI is InChI=1S/C16H17IN4O3S/c17-21-8-7-14(19-21)25(23,24)20-16(22)18-15-12-5-1-3-10(12)9-11-4-2-6-13(11)15/h7-9H,1-6H2,(H2,18,20,22). The molecule has 0 saturated carbocycles. The van der Waals surface area contributed by atoms with Gasteiger partial charge in [0.25, 0.3) is 10.0 Å². The maximum Gasteiger partial charge on any atom is 0.333 e. The monoisotopic (exact) mass is 472 g/mol. The Morgan fingerprint density at radius 2 is 1.76 bits per heavy atom. The number of carbonyl (C=O) groups excluding carboxylic acids is 1. The van der Waals surface area contributed by atoms with Crippen molar-refractivity contribution in [1.29, 1.82) is 0 Å². The quantitative estimate of drug-likeness (QED) is 0.672. The van der Waals surface area contributed by atoms with Crippen LogP contribution < -0.4 is 10.0 Å². The number of sulfonamides is 1. The van der Waals surface area contributed by atoms with Gasteiger partial charge in [0.15, 0.2) is 5.03 Å². The van der Waals surface area contributed by atoms with Crippen molar-refractivity contribution in [2.24, 2.45) is 0 Å². The average molecular weight is 472 g/mol. The summed E-state index contributed by atoms with van der Waals surface area (Å²) in [6, 6.07) is 2.87. The molecule has 0 bridgehead atoms. The van der Waals surface area contributed by atoms with Gasteiger partial charge in [0, 0.05) is 11.9 Å². The first-order valence-electron chi connectivity index (χ1n) is 8.16. The topological polar surface area (TPSA) is 93.1 Å². The third-order valence-corrected chi connectivity index (χ3v) is 6.51. The van der Waals surface area contributed by atoms with Gasteiger partial charge >= 0.3 is 6.03 Å². The van der Waals surface area contributed by atoms with Gasteiger partial charge in [-0.25, -0.2) is 12.4 Å². The number of hydrogen-bond donors (Lipinski definition) is 2. The minimum atomic E-state index is -3.99. The lowest BCUT2D eigenvalue weighted by atomic mass is 9.99. The number of urea groups is 1. The second kappa shape index (κ2) is 6.27. The predicted molar refractivity (Wildman–Crippen MR) is 101 cm³/mol. The number of rotatable bonds is 3. The number of carbonyl (C=O) groups is 1. The number of nitrogens with one attached hydrogen (secondary N) is 2. The highest BCUT2D eigenvalue weighted by atomic mass is 127. The average Bonchev–Trinajstić information content (AvgIpc) is 3.25. The Labute approximate surface area is 159 Å². The Balaban J connectivity index is 1.60. The van der Waals surface area contributed by atoms with E-state index in [0.29, 0.717) is 0 Å². The summed E-state index contributed by atoms with van der Waals surface area (Å²) in [7, 11) is -3.99. The first-order chi connectivity index (χ1) is 11.9. The Morgan fingerprint density at radius 3 is 2.32 bits per heavy atom. The molecule has 0 spiro atoms. The molecule has 0 atom stereocenters. The normalized spacial score (nSPS) is 15.7. The fourth-order valence-corrected chi connectivity index (χ4v) is 5.08. The van der Waals surface area contributed by atoms with Crippen LogP contribution in [0, 0.1) is 0 Å². The number of nitrogens with zero attached hydrogens (tertiary/aromatic N) is 2. The summed E-state index contributed by atoms with van der Waals surface area (Å²) in [6.45, 7) is 0. The van der Waals surface area contributed by atoms with Gasteiger partial charge in [-0.15, -0.1) is 5.10 Å². The zero-order valence-electron chi connectivity index (χ0n) is 13.4. The number of fused-ring (bicyclic) bond motifs is 2. The molecular formula is C16H17IN4O3S. The van der Waals surface area contributed by atoms with Gasteiger partial charge in [0.2, 0.25) is 0 Å². The van der Waals surface area contributed by atoms with Crippen LogP contribution in [-0.2, 0) is 35.7 Å². The Kier molecular flexibility index (Phi) is 4.22. The minimum Gasteiger partial charge on any atom is -0.307 e. The van der Waals surface area contributed by atoms with E-state index in [4.69, 9.17) is 0 Å². The zero-order valence-corrected chi connectivity index (χ0v) is 16.4. The van der Waals surface area contributed by atoms with Crippen LogP contribution >= 0.6 is 22.9 Å². The van der Waals surface area contributed by atoms with Crippen molar-refractivity contribution in [1.82, 2.24) is 12.7 Å². The van der Waals surface area contributed by atoms with Crippen molar-refractivity contribution in [3.63, 3.8) is 0 Å². The number of anilines is 1. The molecule has 1 aromatic carbocycles. The second-order valence-electron chi connectivity index (χ2n) is 6.34. The van der Waals surface area contributed by atoms with E-state index in [1.54, 1.807) is 0 Å². The van der Waals surface area contributed by atoms with Crippen LogP contribution in [0.2, 0.25) is 0 Å². The third-order valence-electron chi connectivity index (χ3n) is 4.75. The molecule has 0 radical (unpaired) electrons. The summed E-state index contributed by atoms with van der Waals surface area (Å²) in [6.07, 6.45) is 7.52. The molecule has 1 heterocycles. The molecule has 0 fully saturated rings. The second-order valence-corrected chi connectivity index (χ2v) is 8.95. The van der Waals surface area contributed by atoms with Crippen molar-refractivity contribution in [3.05, 3.63) is 40.6 Å². The molecule has 7 nitrogen and oxygen atoms in total. The van der Waals surface area contributed by atoms with Gasteiger partial charge in [-0.1, -0.05) is 6.07 Å². The largest absolute Gasteiger partial charge is 0.333 e.